The van der Waals surface area contributed by atoms with Gasteiger partial charge >= 0.3 is 0 Å². The molecule has 0 bridgehead atoms. The summed E-state index contributed by atoms with van der Waals surface area (Å²) >= 11 is 0. The van der Waals surface area contributed by atoms with Crippen molar-refractivity contribution in [1.29, 1.82) is 0 Å². The summed E-state index contributed by atoms with van der Waals surface area (Å²) in [6.07, 6.45) is 0.934. The lowest BCUT2D eigenvalue weighted by Gasteiger charge is -2.25. The molecule has 0 spiro atoms. The van der Waals surface area contributed by atoms with Gasteiger partial charge in [-0.05, 0) is 49.7 Å². The Hall–Kier alpha value is -0.860. The highest BCUT2D eigenvalue weighted by Gasteiger charge is 2.21. The average molecular weight is 292 g/mol. The highest BCUT2D eigenvalue weighted by Crippen LogP contribution is 2.29. The van der Waals surface area contributed by atoms with Crippen LogP contribution in [0.3, 0.4) is 0 Å². The maximum absolute atomic E-state index is 5.73. The van der Waals surface area contributed by atoms with Crippen LogP contribution in [0.25, 0.3) is 0 Å². The monoisotopic (exact) mass is 292 g/mol. The smallest absolute Gasteiger partial charge is 0.118 e. The van der Waals surface area contributed by atoms with Crippen LogP contribution < -0.4 is 0 Å². The third-order valence-corrected chi connectivity index (χ3v) is 3.25. The van der Waals surface area contributed by atoms with Crippen molar-refractivity contribution in [3.63, 3.8) is 0 Å². The number of hydrogen-bond donors (Lipinski definition) is 0. The Labute approximate surface area is 130 Å². The molecule has 2 heteroatoms. The molecule has 0 aliphatic heterocycles. The van der Waals surface area contributed by atoms with E-state index in [-0.39, 0.29) is 17.1 Å². The molecule has 1 aromatic carbocycles. The van der Waals surface area contributed by atoms with E-state index in [9.17, 15) is 0 Å². The van der Waals surface area contributed by atoms with Crippen LogP contribution >= 0.6 is 0 Å². The Bertz CT molecular complexity index is 418. The largest absolute Gasteiger partial charge is 0.230 e. The van der Waals surface area contributed by atoms with Crippen molar-refractivity contribution in [2.45, 2.75) is 78.9 Å². The van der Waals surface area contributed by atoms with Crippen LogP contribution in [-0.2, 0) is 15.2 Å². The van der Waals surface area contributed by atoms with Gasteiger partial charge in [-0.3, -0.25) is 0 Å². The molecule has 0 radical (unpaired) electrons. The van der Waals surface area contributed by atoms with Crippen molar-refractivity contribution in [3.05, 3.63) is 35.4 Å². The molecular weight excluding hydrogens is 260 g/mol. The normalized spacial score (nSPS) is 14.5. The van der Waals surface area contributed by atoms with Crippen LogP contribution in [0.5, 0.6) is 0 Å². The molecule has 0 aliphatic rings. The first-order valence-electron chi connectivity index (χ1n) is 7.94. The molecule has 0 saturated carbocycles. The highest BCUT2D eigenvalue weighted by atomic mass is 17.2. The summed E-state index contributed by atoms with van der Waals surface area (Å²) in [6, 6.07) is 8.73. The predicted octanol–water partition coefficient (Wildman–Crippen LogP) is 5.82. The van der Waals surface area contributed by atoms with Crippen molar-refractivity contribution < 1.29 is 9.78 Å². The van der Waals surface area contributed by atoms with Gasteiger partial charge in [0.05, 0.1) is 5.60 Å². The van der Waals surface area contributed by atoms with E-state index in [1.165, 1.54) is 11.1 Å². The lowest BCUT2D eigenvalue weighted by atomic mass is 9.86. The van der Waals surface area contributed by atoms with Crippen molar-refractivity contribution in [1.82, 2.24) is 0 Å². The second-order valence-electron chi connectivity index (χ2n) is 8.28. The van der Waals surface area contributed by atoms with E-state index in [0.29, 0.717) is 5.92 Å². The third kappa shape index (κ3) is 6.62. The van der Waals surface area contributed by atoms with Crippen LogP contribution in [0.4, 0.5) is 0 Å². The molecule has 1 atom stereocenters. The van der Waals surface area contributed by atoms with Crippen LogP contribution in [0.15, 0.2) is 24.3 Å². The highest BCUT2D eigenvalue weighted by molar-refractivity contribution is 5.28. The van der Waals surface area contributed by atoms with Gasteiger partial charge in [-0.2, -0.15) is 0 Å². The van der Waals surface area contributed by atoms with E-state index >= 15 is 0 Å². The number of rotatable bonds is 5. The summed E-state index contributed by atoms with van der Waals surface area (Å²) in [7, 11) is 0. The van der Waals surface area contributed by atoms with E-state index in [4.69, 9.17) is 9.78 Å². The minimum atomic E-state index is -0.291. The topological polar surface area (TPSA) is 18.5 Å². The number of hydrogen-bond acceptors (Lipinski definition) is 2. The molecule has 21 heavy (non-hydrogen) atoms. The molecule has 0 amide bonds. The summed E-state index contributed by atoms with van der Waals surface area (Å²) in [5, 5.41) is 0. The van der Waals surface area contributed by atoms with E-state index < -0.39 is 0 Å². The zero-order valence-electron chi connectivity index (χ0n) is 15.0. The molecule has 0 aliphatic carbocycles. The van der Waals surface area contributed by atoms with Crippen molar-refractivity contribution in [2.24, 2.45) is 5.92 Å². The van der Waals surface area contributed by atoms with Gasteiger partial charge in [0.2, 0.25) is 0 Å². The van der Waals surface area contributed by atoms with Crippen molar-refractivity contribution in [3.8, 4) is 0 Å². The van der Waals surface area contributed by atoms with Gasteiger partial charge < -0.3 is 0 Å². The van der Waals surface area contributed by atoms with Gasteiger partial charge in [-0.1, -0.05) is 58.9 Å². The van der Waals surface area contributed by atoms with E-state index in [1.807, 2.05) is 20.8 Å². The fraction of sp³-hybridized carbons (Fsp3) is 0.684. The standard InChI is InChI=1S/C19H32O2/c1-14(2)13-17(20-21-19(6,7)8)15-9-11-16(12-10-15)18(3,4)5/h9-12,14,17H,13H2,1-8H3. The van der Waals surface area contributed by atoms with Crippen molar-refractivity contribution in [2.75, 3.05) is 0 Å². The van der Waals surface area contributed by atoms with E-state index in [0.717, 1.165) is 6.42 Å². The molecular formula is C19H32O2. The van der Waals surface area contributed by atoms with Gasteiger partial charge in [0.1, 0.15) is 6.10 Å². The third-order valence-electron chi connectivity index (χ3n) is 3.25. The van der Waals surface area contributed by atoms with Crippen LogP contribution in [0, 0.1) is 5.92 Å². The summed E-state index contributed by atoms with van der Waals surface area (Å²) in [5.41, 5.74) is 2.40. The molecule has 1 aromatic rings. The molecule has 0 N–H and O–H groups in total. The Kier molecular flexibility index (Phi) is 6.01. The Morgan fingerprint density at radius 1 is 0.905 bits per heavy atom. The quantitative estimate of drug-likeness (QED) is 0.503. The second kappa shape index (κ2) is 6.93. The lowest BCUT2D eigenvalue weighted by molar-refractivity contribution is -0.377. The maximum Gasteiger partial charge on any atom is 0.118 e. The maximum atomic E-state index is 5.73. The van der Waals surface area contributed by atoms with Gasteiger partial charge in [0.15, 0.2) is 0 Å². The molecule has 120 valence electrons. The summed E-state index contributed by atoms with van der Waals surface area (Å²) < 4.78 is 0. The summed E-state index contributed by atoms with van der Waals surface area (Å²) in [5.74, 6) is 0.556. The average Bonchev–Trinajstić information content (AvgIpc) is 2.32. The molecule has 0 saturated heterocycles. The van der Waals surface area contributed by atoms with Crippen molar-refractivity contribution >= 4 is 0 Å². The fourth-order valence-electron chi connectivity index (χ4n) is 2.06. The SMILES string of the molecule is CC(C)CC(OOC(C)(C)C)c1ccc(C(C)(C)C)cc1. The molecule has 0 aromatic heterocycles. The van der Waals surface area contributed by atoms with Gasteiger partial charge in [-0.15, -0.1) is 0 Å². The van der Waals surface area contributed by atoms with Crippen LogP contribution in [-0.4, -0.2) is 5.60 Å². The second-order valence-corrected chi connectivity index (χ2v) is 8.28. The predicted molar refractivity (Wildman–Crippen MR) is 89.3 cm³/mol. The first-order chi connectivity index (χ1) is 9.49. The minimum absolute atomic E-state index is 0.0155. The Balaban J connectivity index is 2.87. The minimum Gasteiger partial charge on any atom is -0.230 e. The Morgan fingerprint density at radius 2 is 1.43 bits per heavy atom. The van der Waals surface area contributed by atoms with E-state index in [1.54, 1.807) is 0 Å². The summed E-state index contributed by atoms with van der Waals surface area (Å²) in [6.45, 7) is 17.1. The molecule has 0 fully saturated rings. The fourth-order valence-corrected chi connectivity index (χ4v) is 2.06. The Morgan fingerprint density at radius 3 is 1.81 bits per heavy atom. The zero-order valence-corrected chi connectivity index (χ0v) is 15.0. The molecule has 1 unspecified atom stereocenters. The van der Waals surface area contributed by atoms with Gasteiger partial charge in [0, 0.05) is 0 Å². The van der Waals surface area contributed by atoms with Gasteiger partial charge in [-0.25, -0.2) is 9.78 Å². The number of benzene rings is 1. The lowest BCUT2D eigenvalue weighted by Crippen LogP contribution is -2.22. The first kappa shape index (κ1) is 18.2. The first-order valence-corrected chi connectivity index (χ1v) is 7.94. The summed E-state index contributed by atoms with van der Waals surface area (Å²) in [4.78, 5) is 11.3. The molecule has 1 rings (SSSR count). The van der Waals surface area contributed by atoms with Crippen LogP contribution in [0.1, 0.15) is 79.0 Å². The zero-order chi connectivity index (χ0) is 16.3. The molecule has 0 heterocycles. The van der Waals surface area contributed by atoms with Gasteiger partial charge in [0.25, 0.3) is 0 Å². The molecule has 2 nitrogen and oxygen atoms in total. The van der Waals surface area contributed by atoms with E-state index in [2.05, 4.69) is 58.9 Å². The van der Waals surface area contributed by atoms with Crippen LogP contribution in [0.2, 0.25) is 0 Å².